The molecule has 0 fully saturated rings. The largest absolute Gasteiger partial charge is 0.465 e. The highest BCUT2D eigenvalue weighted by atomic mass is 16.5. The topological polar surface area (TPSA) is 109 Å². The predicted molar refractivity (Wildman–Crippen MR) is 107 cm³/mol. The molecule has 0 radical (unpaired) electrons. The molecule has 2 aromatic heterocycles. The molecule has 0 saturated carbocycles. The first-order valence-electron chi connectivity index (χ1n) is 8.79. The second kappa shape index (κ2) is 9.43. The number of carbonyl (C=O) groups is 1. The van der Waals surface area contributed by atoms with Crippen molar-refractivity contribution in [2.75, 3.05) is 30.9 Å². The molecule has 3 rings (SSSR count). The van der Waals surface area contributed by atoms with Crippen molar-refractivity contribution in [2.45, 2.75) is 6.42 Å². The van der Waals surface area contributed by atoms with Crippen LogP contribution in [0.4, 0.5) is 17.5 Å². The third-order valence-corrected chi connectivity index (χ3v) is 3.89. The van der Waals surface area contributed by atoms with E-state index in [0.717, 1.165) is 11.3 Å². The molecule has 144 valence electrons. The minimum Gasteiger partial charge on any atom is -0.465 e. The lowest BCUT2D eigenvalue weighted by Gasteiger charge is -2.09. The smallest absolute Gasteiger partial charge is 0.337 e. The van der Waals surface area contributed by atoms with Gasteiger partial charge in [0.25, 0.3) is 0 Å². The summed E-state index contributed by atoms with van der Waals surface area (Å²) in [5.41, 5.74) is 2.74. The molecule has 0 aliphatic rings. The fourth-order valence-corrected chi connectivity index (χ4v) is 2.53. The van der Waals surface area contributed by atoms with Gasteiger partial charge in [-0.3, -0.25) is 0 Å². The quantitative estimate of drug-likeness (QED) is 0.405. The van der Waals surface area contributed by atoms with Gasteiger partial charge in [-0.25, -0.2) is 19.7 Å². The number of ether oxygens (including phenoxy) is 1. The molecule has 3 aromatic rings. The Labute approximate surface area is 162 Å². The number of aliphatic hydroxyl groups is 1. The summed E-state index contributed by atoms with van der Waals surface area (Å²) in [5, 5.41) is 15.1. The molecule has 0 aliphatic heterocycles. The summed E-state index contributed by atoms with van der Waals surface area (Å²) in [4.78, 5) is 24.7. The molecule has 0 spiro atoms. The van der Waals surface area contributed by atoms with Crippen LogP contribution in [0.15, 0.2) is 54.9 Å². The van der Waals surface area contributed by atoms with Crippen molar-refractivity contribution in [3.63, 3.8) is 0 Å². The molecule has 0 aliphatic carbocycles. The van der Waals surface area contributed by atoms with Crippen LogP contribution >= 0.6 is 0 Å². The summed E-state index contributed by atoms with van der Waals surface area (Å²) in [6.45, 7) is 0.769. The molecule has 0 bridgehead atoms. The zero-order valence-corrected chi connectivity index (χ0v) is 15.4. The first-order chi connectivity index (χ1) is 13.7. The Balaban J connectivity index is 1.78. The number of hydrogen-bond donors (Lipinski definition) is 3. The van der Waals surface area contributed by atoms with Gasteiger partial charge in [0.1, 0.15) is 5.82 Å². The van der Waals surface area contributed by atoms with E-state index in [4.69, 9.17) is 9.84 Å². The van der Waals surface area contributed by atoms with Crippen LogP contribution in [-0.2, 0) is 4.74 Å². The number of aliphatic hydroxyl groups excluding tert-OH is 1. The third-order valence-electron chi connectivity index (χ3n) is 3.89. The summed E-state index contributed by atoms with van der Waals surface area (Å²) in [6, 6.07) is 12.5. The van der Waals surface area contributed by atoms with E-state index in [2.05, 4.69) is 25.6 Å². The molecule has 8 nitrogen and oxygen atoms in total. The number of methoxy groups -OCH3 is 1. The number of aromatic nitrogens is 3. The number of nitrogens with one attached hydrogen (secondary N) is 2. The van der Waals surface area contributed by atoms with Gasteiger partial charge in [0.05, 0.1) is 18.4 Å². The van der Waals surface area contributed by atoms with Crippen molar-refractivity contribution in [3.8, 4) is 11.3 Å². The first-order valence-corrected chi connectivity index (χ1v) is 8.79. The summed E-state index contributed by atoms with van der Waals surface area (Å²) >= 11 is 0. The van der Waals surface area contributed by atoms with Crippen LogP contribution in [0.3, 0.4) is 0 Å². The Bertz CT molecular complexity index is 948. The number of benzene rings is 1. The van der Waals surface area contributed by atoms with Crippen LogP contribution in [0.5, 0.6) is 0 Å². The standard InChI is InChI=1S/C20H21N5O3/c1-28-19(27)15-4-2-5-16(12-15)24-20-23-10-7-17(25-20)14-6-9-22-18(13-14)21-8-3-11-26/h2,4-7,9-10,12-13,26H,3,8,11H2,1H3,(H,21,22)(H,23,24,25). The molecule has 1 aromatic carbocycles. The number of rotatable bonds is 8. The lowest BCUT2D eigenvalue weighted by Crippen LogP contribution is -2.05. The van der Waals surface area contributed by atoms with E-state index in [0.29, 0.717) is 36.0 Å². The molecule has 0 atom stereocenters. The SMILES string of the molecule is COC(=O)c1cccc(Nc2nccc(-c3ccnc(NCCCO)c3)n2)c1. The van der Waals surface area contributed by atoms with Gasteiger partial charge in [0, 0.05) is 36.8 Å². The average Bonchev–Trinajstić information content (AvgIpc) is 2.74. The molecule has 8 heteroatoms. The maximum atomic E-state index is 11.7. The van der Waals surface area contributed by atoms with Crippen LogP contribution < -0.4 is 10.6 Å². The summed E-state index contributed by atoms with van der Waals surface area (Å²) in [6.07, 6.45) is 4.01. The Kier molecular flexibility index (Phi) is 6.48. The molecule has 2 heterocycles. The van der Waals surface area contributed by atoms with E-state index in [1.54, 1.807) is 30.6 Å². The van der Waals surface area contributed by atoms with Gasteiger partial charge in [-0.05, 0) is 42.8 Å². The maximum absolute atomic E-state index is 11.7. The number of hydrogen-bond acceptors (Lipinski definition) is 8. The summed E-state index contributed by atoms with van der Waals surface area (Å²) in [5.74, 6) is 0.715. The second-order valence-corrected chi connectivity index (χ2v) is 5.90. The Morgan fingerprint density at radius 2 is 2.00 bits per heavy atom. The number of pyridine rings is 1. The van der Waals surface area contributed by atoms with E-state index in [-0.39, 0.29) is 6.61 Å². The number of esters is 1. The van der Waals surface area contributed by atoms with Crippen LogP contribution in [0.25, 0.3) is 11.3 Å². The highest BCUT2D eigenvalue weighted by molar-refractivity contribution is 5.90. The van der Waals surface area contributed by atoms with Gasteiger partial charge in [-0.1, -0.05) is 6.07 Å². The Morgan fingerprint density at radius 3 is 2.82 bits per heavy atom. The van der Waals surface area contributed by atoms with Crippen molar-refractivity contribution < 1.29 is 14.6 Å². The van der Waals surface area contributed by atoms with E-state index < -0.39 is 5.97 Å². The first kappa shape index (κ1) is 19.2. The fraction of sp³-hybridized carbons (Fsp3) is 0.200. The normalized spacial score (nSPS) is 10.4. The predicted octanol–water partition coefficient (Wildman–Crippen LogP) is 2.86. The van der Waals surface area contributed by atoms with E-state index in [1.165, 1.54) is 7.11 Å². The minimum atomic E-state index is -0.406. The highest BCUT2D eigenvalue weighted by Crippen LogP contribution is 2.21. The minimum absolute atomic E-state index is 0.130. The zero-order chi connectivity index (χ0) is 19.8. The fourth-order valence-electron chi connectivity index (χ4n) is 2.53. The molecule has 0 amide bonds. The maximum Gasteiger partial charge on any atom is 0.337 e. The third kappa shape index (κ3) is 5.01. The van der Waals surface area contributed by atoms with E-state index in [9.17, 15) is 4.79 Å². The molecule has 0 unspecified atom stereocenters. The number of carbonyl (C=O) groups excluding carboxylic acids is 1. The molecule has 28 heavy (non-hydrogen) atoms. The van der Waals surface area contributed by atoms with Crippen molar-refractivity contribution in [2.24, 2.45) is 0 Å². The highest BCUT2D eigenvalue weighted by Gasteiger charge is 2.08. The van der Waals surface area contributed by atoms with Crippen molar-refractivity contribution in [3.05, 3.63) is 60.4 Å². The van der Waals surface area contributed by atoms with Crippen LogP contribution in [0.2, 0.25) is 0 Å². The van der Waals surface area contributed by atoms with Crippen LogP contribution in [0.1, 0.15) is 16.8 Å². The van der Waals surface area contributed by atoms with Gasteiger partial charge in [-0.2, -0.15) is 0 Å². The summed E-state index contributed by atoms with van der Waals surface area (Å²) in [7, 11) is 1.34. The Hall–Kier alpha value is -3.52. The monoisotopic (exact) mass is 379 g/mol. The summed E-state index contributed by atoms with van der Waals surface area (Å²) < 4.78 is 4.74. The van der Waals surface area contributed by atoms with Gasteiger partial charge in [-0.15, -0.1) is 0 Å². The molecule has 0 saturated heterocycles. The molecular weight excluding hydrogens is 358 g/mol. The Morgan fingerprint density at radius 1 is 1.14 bits per heavy atom. The second-order valence-electron chi connectivity index (χ2n) is 5.90. The molecular formula is C20H21N5O3. The van der Waals surface area contributed by atoms with Gasteiger partial charge >= 0.3 is 5.97 Å². The van der Waals surface area contributed by atoms with Gasteiger partial charge in [0.2, 0.25) is 5.95 Å². The van der Waals surface area contributed by atoms with Crippen LogP contribution in [0, 0.1) is 0 Å². The van der Waals surface area contributed by atoms with Crippen molar-refractivity contribution in [1.82, 2.24) is 15.0 Å². The van der Waals surface area contributed by atoms with E-state index in [1.807, 2.05) is 24.3 Å². The van der Waals surface area contributed by atoms with Gasteiger partial charge in [0.15, 0.2) is 0 Å². The number of anilines is 3. The van der Waals surface area contributed by atoms with Crippen molar-refractivity contribution in [1.29, 1.82) is 0 Å². The van der Waals surface area contributed by atoms with Gasteiger partial charge < -0.3 is 20.5 Å². The average molecular weight is 379 g/mol. The lowest BCUT2D eigenvalue weighted by atomic mass is 10.2. The zero-order valence-electron chi connectivity index (χ0n) is 15.4. The molecule has 3 N–H and O–H groups in total. The van der Waals surface area contributed by atoms with E-state index >= 15 is 0 Å². The van der Waals surface area contributed by atoms with Crippen molar-refractivity contribution >= 4 is 23.4 Å². The van der Waals surface area contributed by atoms with Crippen LogP contribution in [-0.4, -0.2) is 46.3 Å². The lowest BCUT2D eigenvalue weighted by molar-refractivity contribution is 0.0601. The number of nitrogens with zero attached hydrogens (tertiary/aromatic N) is 3.